The maximum absolute atomic E-state index is 12.5. The molecule has 1 amide bonds. The van der Waals surface area contributed by atoms with Crippen molar-refractivity contribution in [2.45, 2.75) is 19.9 Å². The van der Waals surface area contributed by atoms with Gasteiger partial charge in [-0.3, -0.25) is 9.78 Å². The van der Waals surface area contributed by atoms with Crippen molar-refractivity contribution < 1.29 is 9.53 Å². The minimum atomic E-state index is -0.105. The minimum Gasteiger partial charge on any atom is -0.493 e. The van der Waals surface area contributed by atoms with Gasteiger partial charge in [0, 0.05) is 49.9 Å². The predicted octanol–water partition coefficient (Wildman–Crippen LogP) is 2.95. The molecule has 3 heterocycles. The average molecular weight is 362 g/mol. The van der Waals surface area contributed by atoms with Gasteiger partial charge < -0.3 is 14.6 Å². The van der Waals surface area contributed by atoms with Crippen LogP contribution in [0.15, 0.2) is 55.4 Å². The number of imidazole rings is 1. The van der Waals surface area contributed by atoms with Gasteiger partial charge in [-0.25, -0.2) is 4.98 Å². The molecule has 4 rings (SSSR count). The van der Waals surface area contributed by atoms with E-state index in [4.69, 9.17) is 4.74 Å². The molecule has 1 N–H and O–H groups in total. The summed E-state index contributed by atoms with van der Waals surface area (Å²) in [4.78, 5) is 20.8. The zero-order chi connectivity index (χ0) is 18.6. The predicted molar refractivity (Wildman–Crippen MR) is 103 cm³/mol. The summed E-state index contributed by atoms with van der Waals surface area (Å²) in [5.74, 6) is 1.15. The molecule has 0 saturated carbocycles. The normalized spacial score (nSPS) is 13.7. The molecule has 1 aliphatic rings. The zero-order valence-electron chi connectivity index (χ0n) is 15.3. The molecule has 0 spiro atoms. The van der Waals surface area contributed by atoms with Gasteiger partial charge in [0.2, 0.25) is 0 Å². The van der Waals surface area contributed by atoms with Crippen molar-refractivity contribution in [2.24, 2.45) is 5.92 Å². The Labute approximate surface area is 158 Å². The number of pyridine rings is 1. The van der Waals surface area contributed by atoms with Crippen molar-refractivity contribution in [3.8, 4) is 16.9 Å². The highest BCUT2D eigenvalue weighted by molar-refractivity contribution is 5.95. The molecule has 0 aliphatic carbocycles. The molecule has 1 aliphatic heterocycles. The number of rotatable bonds is 6. The summed E-state index contributed by atoms with van der Waals surface area (Å²) >= 11 is 0. The average Bonchev–Trinajstić information content (AvgIpc) is 3.37. The van der Waals surface area contributed by atoms with Gasteiger partial charge >= 0.3 is 0 Å². The first kappa shape index (κ1) is 17.3. The number of nitrogens with zero attached hydrogens (tertiary/aromatic N) is 3. The fourth-order valence-electron chi connectivity index (χ4n) is 3.28. The number of amides is 1. The van der Waals surface area contributed by atoms with Crippen LogP contribution < -0.4 is 10.1 Å². The largest absolute Gasteiger partial charge is 0.493 e. The molecule has 27 heavy (non-hydrogen) atoms. The lowest BCUT2D eigenvalue weighted by Crippen LogP contribution is -2.30. The van der Waals surface area contributed by atoms with Crippen molar-refractivity contribution in [2.75, 3.05) is 13.2 Å². The molecule has 1 aromatic carbocycles. The number of carbonyl (C=O) groups is 1. The summed E-state index contributed by atoms with van der Waals surface area (Å²) in [6.07, 6.45) is 9.78. The minimum absolute atomic E-state index is 0.105. The van der Waals surface area contributed by atoms with E-state index in [1.165, 1.54) is 5.56 Å². The molecule has 0 radical (unpaired) electrons. The Morgan fingerprint density at radius 3 is 3.04 bits per heavy atom. The van der Waals surface area contributed by atoms with Crippen LogP contribution in [0, 0.1) is 5.92 Å². The van der Waals surface area contributed by atoms with E-state index in [2.05, 4.69) is 28.3 Å². The summed E-state index contributed by atoms with van der Waals surface area (Å²) in [5, 5.41) is 3.00. The second kappa shape index (κ2) is 7.61. The number of carbonyl (C=O) groups excluding carboxylic acids is 1. The van der Waals surface area contributed by atoms with Crippen LogP contribution in [0.2, 0.25) is 0 Å². The molecule has 0 bridgehead atoms. The van der Waals surface area contributed by atoms with Crippen molar-refractivity contribution in [3.63, 3.8) is 0 Å². The van der Waals surface area contributed by atoms with Gasteiger partial charge in [0.15, 0.2) is 0 Å². The second-order valence-corrected chi connectivity index (χ2v) is 6.96. The fraction of sp³-hybridized carbons (Fsp3) is 0.286. The topological polar surface area (TPSA) is 69.0 Å². The molecule has 2 aromatic heterocycles. The van der Waals surface area contributed by atoms with Crippen LogP contribution >= 0.6 is 0 Å². The SMILES string of the molecule is C[C@@H](CNC(=O)c1cncc(-c2ccc3c(c2)CCO3)c1)Cn1ccnc1. The van der Waals surface area contributed by atoms with Crippen LogP contribution in [0.25, 0.3) is 11.1 Å². The lowest BCUT2D eigenvalue weighted by molar-refractivity contribution is 0.0946. The van der Waals surface area contributed by atoms with Crippen LogP contribution in [0.3, 0.4) is 0 Å². The molecule has 3 aromatic rings. The van der Waals surface area contributed by atoms with Crippen LogP contribution in [-0.2, 0) is 13.0 Å². The summed E-state index contributed by atoms with van der Waals surface area (Å²) < 4.78 is 7.57. The van der Waals surface area contributed by atoms with E-state index in [0.717, 1.165) is 36.4 Å². The third-order valence-electron chi connectivity index (χ3n) is 4.72. The Morgan fingerprint density at radius 2 is 2.19 bits per heavy atom. The Morgan fingerprint density at radius 1 is 1.26 bits per heavy atom. The molecule has 0 fully saturated rings. The third kappa shape index (κ3) is 4.00. The van der Waals surface area contributed by atoms with Crippen LogP contribution in [0.5, 0.6) is 5.75 Å². The van der Waals surface area contributed by atoms with Gasteiger partial charge in [-0.2, -0.15) is 0 Å². The van der Waals surface area contributed by atoms with Crippen LogP contribution in [0.1, 0.15) is 22.8 Å². The zero-order valence-corrected chi connectivity index (χ0v) is 15.3. The third-order valence-corrected chi connectivity index (χ3v) is 4.72. The van der Waals surface area contributed by atoms with E-state index < -0.39 is 0 Å². The van der Waals surface area contributed by atoms with Crippen molar-refractivity contribution >= 4 is 5.91 Å². The first-order chi connectivity index (χ1) is 13.2. The molecular weight excluding hydrogens is 340 g/mol. The number of aromatic nitrogens is 3. The highest BCUT2D eigenvalue weighted by Crippen LogP contribution is 2.30. The Hall–Kier alpha value is -3.15. The first-order valence-corrected chi connectivity index (χ1v) is 9.14. The Balaban J connectivity index is 1.41. The Bertz CT molecular complexity index is 937. The van der Waals surface area contributed by atoms with E-state index in [1.807, 2.05) is 29.0 Å². The Kier molecular flexibility index (Phi) is 4.87. The van der Waals surface area contributed by atoms with E-state index in [0.29, 0.717) is 18.0 Å². The van der Waals surface area contributed by atoms with E-state index in [1.54, 1.807) is 24.9 Å². The number of benzene rings is 1. The number of nitrogens with one attached hydrogen (secondary N) is 1. The van der Waals surface area contributed by atoms with E-state index in [-0.39, 0.29) is 5.91 Å². The smallest absolute Gasteiger partial charge is 0.252 e. The maximum atomic E-state index is 12.5. The van der Waals surface area contributed by atoms with Crippen LogP contribution in [-0.4, -0.2) is 33.6 Å². The molecule has 6 nitrogen and oxygen atoms in total. The summed E-state index contributed by atoms with van der Waals surface area (Å²) in [7, 11) is 0. The van der Waals surface area contributed by atoms with Crippen molar-refractivity contribution in [1.82, 2.24) is 19.9 Å². The lowest BCUT2D eigenvalue weighted by atomic mass is 10.0. The number of ether oxygens (including phenoxy) is 1. The maximum Gasteiger partial charge on any atom is 0.252 e. The van der Waals surface area contributed by atoms with E-state index in [9.17, 15) is 4.79 Å². The highest BCUT2D eigenvalue weighted by atomic mass is 16.5. The summed E-state index contributed by atoms with van der Waals surface area (Å²) in [6.45, 7) is 4.24. The first-order valence-electron chi connectivity index (χ1n) is 9.14. The number of fused-ring (bicyclic) bond motifs is 1. The van der Waals surface area contributed by atoms with Gasteiger partial charge in [0.05, 0.1) is 18.5 Å². The van der Waals surface area contributed by atoms with E-state index >= 15 is 0 Å². The summed E-state index contributed by atoms with van der Waals surface area (Å²) in [5.41, 5.74) is 3.76. The van der Waals surface area contributed by atoms with Gasteiger partial charge in [-0.1, -0.05) is 13.0 Å². The molecule has 0 unspecified atom stereocenters. The van der Waals surface area contributed by atoms with Crippen molar-refractivity contribution in [1.29, 1.82) is 0 Å². The monoisotopic (exact) mass is 362 g/mol. The highest BCUT2D eigenvalue weighted by Gasteiger charge is 2.14. The number of hydrogen-bond donors (Lipinski definition) is 1. The molecule has 1 atom stereocenters. The van der Waals surface area contributed by atoms with Gasteiger partial charge in [-0.05, 0) is 35.2 Å². The lowest BCUT2D eigenvalue weighted by Gasteiger charge is -2.13. The fourth-order valence-corrected chi connectivity index (χ4v) is 3.28. The molecule has 6 heteroatoms. The molecular formula is C21H22N4O2. The van der Waals surface area contributed by atoms with Gasteiger partial charge in [-0.15, -0.1) is 0 Å². The van der Waals surface area contributed by atoms with Crippen LogP contribution in [0.4, 0.5) is 0 Å². The molecule has 0 saturated heterocycles. The second-order valence-electron chi connectivity index (χ2n) is 6.96. The quantitative estimate of drug-likeness (QED) is 0.732. The van der Waals surface area contributed by atoms with Gasteiger partial charge in [0.1, 0.15) is 5.75 Å². The standard InChI is InChI=1S/C21H22N4O2/c1-15(13-25-6-5-22-14-25)10-24-21(26)19-9-18(11-23-12-19)16-2-3-20-17(8-16)4-7-27-20/h2-3,5-6,8-9,11-12,14-15H,4,7,10,13H2,1H3,(H,24,26)/t15-/m0/s1. The van der Waals surface area contributed by atoms with Crippen molar-refractivity contribution in [3.05, 3.63) is 66.5 Å². The number of hydrogen-bond acceptors (Lipinski definition) is 4. The summed E-state index contributed by atoms with van der Waals surface area (Å²) in [6, 6.07) is 8.01. The molecule has 138 valence electrons. The van der Waals surface area contributed by atoms with Gasteiger partial charge in [0.25, 0.3) is 5.91 Å².